The standard InChI is InChI=1S/C19H14ClNO3/c20-14-9-7-13(8-10-14)18(22)16-5-1-2-6-17(16)19(23)21-12-15-4-3-11-24-15/h1-11H,12H2,(H,21,23). The van der Waals surface area contributed by atoms with E-state index in [1.54, 1.807) is 66.9 Å². The van der Waals surface area contributed by atoms with E-state index < -0.39 is 0 Å². The van der Waals surface area contributed by atoms with E-state index in [9.17, 15) is 9.59 Å². The summed E-state index contributed by atoms with van der Waals surface area (Å²) in [6, 6.07) is 16.8. The fraction of sp³-hybridized carbons (Fsp3) is 0.0526. The minimum atomic E-state index is -0.329. The average Bonchev–Trinajstić information content (AvgIpc) is 3.13. The smallest absolute Gasteiger partial charge is 0.252 e. The Morgan fingerprint density at radius 2 is 1.62 bits per heavy atom. The summed E-state index contributed by atoms with van der Waals surface area (Å²) in [7, 11) is 0. The number of hydrogen-bond donors (Lipinski definition) is 1. The molecular weight excluding hydrogens is 326 g/mol. The van der Waals surface area contributed by atoms with E-state index in [1.165, 1.54) is 0 Å². The van der Waals surface area contributed by atoms with Crippen molar-refractivity contribution < 1.29 is 14.0 Å². The van der Waals surface area contributed by atoms with Gasteiger partial charge in [0, 0.05) is 16.1 Å². The summed E-state index contributed by atoms with van der Waals surface area (Å²) in [5, 5.41) is 3.30. The molecule has 0 aliphatic heterocycles. The summed E-state index contributed by atoms with van der Waals surface area (Å²) in [6.45, 7) is 0.259. The van der Waals surface area contributed by atoms with Crippen LogP contribution in [0, 0.1) is 0 Å². The third-order valence-electron chi connectivity index (χ3n) is 3.53. The Balaban J connectivity index is 1.83. The van der Waals surface area contributed by atoms with E-state index in [-0.39, 0.29) is 18.2 Å². The quantitative estimate of drug-likeness (QED) is 0.712. The number of rotatable bonds is 5. The first-order valence-electron chi connectivity index (χ1n) is 7.35. The third kappa shape index (κ3) is 3.55. The largest absolute Gasteiger partial charge is 0.467 e. The molecule has 4 nitrogen and oxygen atoms in total. The molecule has 120 valence electrons. The van der Waals surface area contributed by atoms with Crippen LogP contribution in [-0.4, -0.2) is 11.7 Å². The molecule has 0 atom stereocenters. The maximum Gasteiger partial charge on any atom is 0.252 e. The molecule has 1 amide bonds. The van der Waals surface area contributed by atoms with Crippen molar-refractivity contribution in [3.8, 4) is 0 Å². The molecule has 2 aromatic carbocycles. The van der Waals surface area contributed by atoms with Crippen LogP contribution >= 0.6 is 11.6 Å². The van der Waals surface area contributed by atoms with Crippen molar-refractivity contribution >= 4 is 23.3 Å². The maximum absolute atomic E-state index is 12.7. The van der Waals surface area contributed by atoms with Gasteiger partial charge in [-0.2, -0.15) is 0 Å². The third-order valence-corrected chi connectivity index (χ3v) is 3.78. The molecule has 3 rings (SSSR count). The number of nitrogens with one attached hydrogen (secondary N) is 1. The van der Waals surface area contributed by atoms with Crippen molar-refractivity contribution in [2.45, 2.75) is 6.54 Å². The lowest BCUT2D eigenvalue weighted by Gasteiger charge is -2.09. The highest BCUT2D eigenvalue weighted by Gasteiger charge is 2.18. The van der Waals surface area contributed by atoms with Crippen LogP contribution in [0.5, 0.6) is 0 Å². The minimum Gasteiger partial charge on any atom is -0.467 e. The summed E-state index contributed by atoms with van der Waals surface area (Å²) < 4.78 is 5.18. The molecule has 0 bridgehead atoms. The zero-order valence-electron chi connectivity index (χ0n) is 12.7. The van der Waals surface area contributed by atoms with Gasteiger partial charge in [-0.3, -0.25) is 9.59 Å². The molecule has 24 heavy (non-hydrogen) atoms. The van der Waals surface area contributed by atoms with Gasteiger partial charge in [-0.05, 0) is 42.5 Å². The molecular formula is C19H14ClNO3. The zero-order chi connectivity index (χ0) is 16.9. The normalized spacial score (nSPS) is 10.4. The fourth-order valence-electron chi connectivity index (χ4n) is 2.31. The Bertz CT molecular complexity index is 855. The van der Waals surface area contributed by atoms with E-state index in [0.29, 0.717) is 27.5 Å². The van der Waals surface area contributed by atoms with E-state index in [1.807, 2.05) is 0 Å². The second-order valence-corrected chi connectivity index (χ2v) is 5.58. The second kappa shape index (κ2) is 7.15. The van der Waals surface area contributed by atoms with Gasteiger partial charge >= 0.3 is 0 Å². The van der Waals surface area contributed by atoms with Crippen LogP contribution in [0.2, 0.25) is 5.02 Å². The van der Waals surface area contributed by atoms with Crippen molar-refractivity contribution in [3.05, 3.63) is 94.4 Å². The van der Waals surface area contributed by atoms with Crippen LogP contribution in [0.1, 0.15) is 32.0 Å². The van der Waals surface area contributed by atoms with Gasteiger partial charge in [-0.25, -0.2) is 0 Å². The number of furan rings is 1. The molecule has 1 aromatic heterocycles. The number of hydrogen-bond acceptors (Lipinski definition) is 3. The number of carbonyl (C=O) groups excluding carboxylic acids is 2. The van der Waals surface area contributed by atoms with Crippen LogP contribution in [0.15, 0.2) is 71.3 Å². The van der Waals surface area contributed by atoms with Crippen LogP contribution in [0.4, 0.5) is 0 Å². The number of halogens is 1. The summed E-state index contributed by atoms with van der Waals surface area (Å²) in [6.07, 6.45) is 1.54. The van der Waals surface area contributed by atoms with Crippen molar-refractivity contribution in [1.82, 2.24) is 5.32 Å². The Morgan fingerprint density at radius 1 is 0.917 bits per heavy atom. The van der Waals surface area contributed by atoms with E-state index in [2.05, 4.69) is 5.32 Å². The number of carbonyl (C=O) groups is 2. The molecule has 0 saturated heterocycles. The molecule has 0 radical (unpaired) electrons. The molecule has 0 spiro atoms. The molecule has 0 unspecified atom stereocenters. The first-order valence-corrected chi connectivity index (χ1v) is 7.73. The summed E-state index contributed by atoms with van der Waals surface area (Å²) in [5.41, 5.74) is 1.14. The monoisotopic (exact) mass is 339 g/mol. The first-order chi connectivity index (χ1) is 11.6. The SMILES string of the molecule is O=C(NCc1ccco1)c1ccccc1C(=O)c1ccc(Cl)cc1. The predicted molar refractivity (Wildman–Crippen MR) is 91.2 cm³/mol. The van der Waals surface area contributed by atoms with E-state index >= 15 is 0 Å². The zero-order valence-corrected chi connectivity index (χ0v) is 13.4. The average molecular weight is 340 g/mol. The van der Waals surface area contributed by atoms with Gasteiger partial charge in [0.1, 0.15) is 5.76 Å². The molecule has 0 fully saturated rings. The number of ketones is 1. The molecule has 0 saturated carbocycles. The van der Waals surface area contributed by atoms with Crippen LogP contribution in [0.3, 0.4) is 0 Å². The molecule has 0 aliphatic rings. The van der Waals surface area contributed by atoms with Gasteiger partial charge in [0.25, 0.3) is 5.91 Å². The van der Waals surface area contributed by atoms with Gasteiger partial charge in [-0.1, -0.05) is 29.8 Å². The van der Waals surface area contributed by atoms with Crippen molar-refractivity contribution in [1.29, 1.82) is 0 Å². The molecule has 5 heteroatoms. The Kier molecular flexibility index (Phi) is 4.77. The lowest BCUT2D eigenvalue weighted by Crippen LogP contribution is -2.24. The molecule has 3 aromatic rings. The van der Waals surface area contributed by atoms with Crippen LogP contribution < -0.4 is 5.32 Å². The van der Waals surface area contributed by atoms with E-state index in [0.717, 1.165) is 0 Å². The number of amides is 1. The van der Waals surface area contributed by atoms with Gasteiger partial charge in [0.2, 0.25) is 0 Å². The van der Waals surface area contributed by atoms with Crippen LogP contribution in [-0.2, 0) is 6.54 Å². The lowest BCUT2D eigenvalue weighted by atomic mass is 9.98. The fourth-order valence-corrected chi connectivity index (χ4v) is 2.44. The molecule has 1 N–H and O–H groups in total. The second-order valence-electron chi connectivity index (χ2n) is 5.14. The highest BCUT2D eigenvalue weighted by atomic mass is 35.5. The summed E-state index contributed by atoms with van der Waals surface area (Å²) in [5.74, 6) is 0.0876. The van der Waals surface area contributed by atoms with Crippen molar-refractivity contribution in [3.63, 3.8) is 0 Å². The molecule has 1 heterocycles. The first kappa shape index (κ1) is 16.0. The number of benzene rings is 2. The summed E-state index contributed by atoms with van der Waals surface area (Å²) in [4.78, 5) is 25.1. The Labute approximate surface area is 144 Å². The minimum absolute atomic E-state index is 0.226. The lowest BCUT2D eigenvalue weighted by molar-refractivity contribution is 0.0937. The Morgan fingerprint density at radius 3 is 2.29 bits per heavy atom. The highest BCUT2D eigenvalue weighted by molar-refractivity contribution is 6.30. The van der Waals surface area contributed by atoms with E-state index in [4.69, 9.17) is 16.0 Å². The maximum atomic E-state index is 12.7. The highest BCUT2D eigenvalue weighted by Crippen LogP contribution is 2.17. The van der Waals surface area contributed by atoms with Gasteiger partial charge in [-0.15, -0.1) is 0 Å². The van der Waals surface area contributed by atoms with Crippen LogP contribution in [0.25, 0.3) is 0 Å². The topological polar surface area (TPSA) is 59.3 Å². The van der Waals surface area contributed by atoms with Crippen molar-refractivity contribution in [2.75, 3.05) is 0 Å². The summed E-state index contributed by atoms with van der Waals surface area (Å²) >= 11 is 5.85. The predicted octanol–water partition coefficient (Wildman–Crippen LogP) is 4.09. The molecule has 0 aliphatic carbocycles. The van der Waals surface area contributed by atoms with Gasteiger partial charge in [0.05, 0.1) is 18.4 Å². The van der Waals surface area contributed by atoms with Gasteiger partial charge < -0.3 is 9.73 Å². The van der Waals surface area contributed by atoms with Gasteiger partial charge in [0.15, 0.2) is 5.78 Å². The Hall–Kier alpha value is -2.85. The van der Waals surface area contributed by atoms with Crippen molar-refractivity contribution in [2.24, 2.45) is 0 Å².